The van der Waals surface area contributed by atoms with E-state index in [1.54, 1.807) is 12.1 Å². The van der Waals surface area contributed by atoms with Crippen molar-refractivity contribution in [2.75, 3.05) is 20.3 Å². The van der Waals surface area contributed by atoms with Gasteiger partial charge in [-0.05, 0) is 25.5 Å². The van der Waals surface area contributed by atoms with Crippen LogP contribution in [0.2, 0.25) is 0 Å². The third-order valence-corrected chi connectivity index (χ3v) is 3.37. The Balaban J connectivity index is 0.00000102. The van der Waals surface area contributed by atoms with Crippen molar-refractivity contribution in [3.8, 4) is 0 Å². The van der Waals surface area contributed by atoms with Crippen LogP contribution in [0.15, 0.2) is 24.3 Å². The van der Waals surface area contributed by atoms with Crippen LogP contribution < -0.4 is 0 Å². The first-order chi connectivity index (χ1) is 10.7. The molecule has 1 aliphatic heterocycles. The van der Waals surface area contributed by atoms with Gasteiger partial charge in [-0.15, -0.1) is 0 Å². The highest BCUT2D eigenvalue weighted by atomic mass is 16.6. The summed E-state index contributed by atoms with van der Waals surface area (Å²) in [5.41, 5.74) is 1.14. The van der Waals surface area contributed by atoms with Crippen LogP contribution in [0.25, 0.3) is 0 Å². The van der Waals surface area contributed by atoms with Crippen molar-refractivity contribution in [2.45, 2.75) is 53.1 Å². The van der Waals surface area contributed by atoms with Crippen LogP contribution in [0.4, 0.5) is 5.69 Å². The molecule has 0 aliphatic carbocycles. The quantitative estimate of drug-likeness (QED) is 0.616. The molecule has 1 fully saturated rings. The molecule has 0 saturated carbocycles. The average Bonchev–Trinajstić information content (AvgIpc) is 2.59. The van der Waals surface area contributed by atoms with Gasteiger partial charge in [0.15, 0.2) is 0 Å². The number of non-ortho nitro benzene ring substituents is 1. The minimum Gasteiger partial charge on any atom is -0.381 e. The summed E-state index contributed by atoms with van der Waals surface area (Å²) in [6.07, 6.45) is 2.07. The Morgan fingerprint density at radius 1 is 1.23 bits per heavy atom. The zero-order valence-electron chi connectivity index (χ0n) is 14.5. The summed E-state index contributed by atoms with van der Waals surface area (Å²) in [5.74, 6) is 0. The molecule has 1 heterocycles. The number of nitro benzene ring substituents is 1. The van der Waals surface area contributed by atoms with Crippen LogP contribution in [-0.4, -0.2) is 36.1 Å². The van der Waals surface area contributed by atoms with Crippen LogP contribution in [0.3, 0.4) is 0 Å². The molecule has 1 aromatic carbocycles. The van der Waals surface area contributed by atoms with E-state index in [2.05, 4.69) is 11.9 Å². The molecule has 0 spiro atoms. The Bertz CT molecular complexity index is 418. The van der Waals surface area contributed by atoms with Crippen molar-refractivity contribution in [1.82, 2.24) is 4.90 Å². The zero-order valence-corrected chi connectivity index (χ0v) is 14.5. The molecule has 0 bridgehead atoms. The number of nitrogens with zero attached hydrogens (tertiary/aromatic N) is 2. The van der Waals surface area contributed by atoms with Crippen molar-refractivity contribution in [3.05, 3.63) is 39.9 Å². The van der Waals surface area contributed by atoms with Crippen molar-refractivity contribution in [1.29, 1.82) is 0 Å². The lowest BCUT2D eigenvalue weighted by molar-refractivity contribution is -0.384. The van der Waals surface area contributed by atoms with Crippen molar-refractivity contribution in [3.63, 3.8) is 0 Å². The summed E-state index contributed by atoms with van der Waals surface area (Å²) in [7, 11) is 2.06. The van der Waals surface area contributed by atoms with Crippen LogP contribution in [0.1, 0.15) is 46.1 Å². The molecule has 0 unspecified atom stereocenters. The Morgan fingerprint density at radius 2 is 1.82 bits per heavy atom. The van der Waals surface area contributed by atoms with Crippen LogP contribution in [-0.2, 0) is 11.3 Å². The van der Waals surface area contributed by atoms with E-state index in [1.165, 1.54) is 6.07 Å². The molecule has 22 heavy (non-hydrogen) atoms. The van der Waals surface area contributed by atoms with Gasteiger partial charge < -0.3 is 4.74 Å². The van der Waals surface area contributed by atoms with Gasteiger partial charge in [-0.25, -0.2) is 0 Å². The predicted octanol–water partition coefficient (Wildman–Crippen LogP) is 4.26. The number of nitro groups is 1. The molecule has 1 saturated heterocycles. The molecule has 0 N–H and O–H groups in total. The third-order valence-electron chi connectivity index (χ3n) is 3.37. The molecular weight excluding hydrogens is 280 g/mol. The lowest BCUT2D eigenvalue weighted by atomic mass is 10.1. The van der Waals surface area contributed by atoms with Gasteiger partial charge in [-0.1, -0.05) is 39.8 Å². The van der Waals surface area contributed by atoms with Gasteiger partial charge in [0.1, 0.15) is 0 Å². The molecule has 1 aromatic rings. The maximum Gasteiger partial charge on any atom is 0.269 e. The predicted molar refractivity (Wildman–Crippen MR) is 91.1 cm³/mol. The zero-order chi connectivity index (χ0) is 17.0. The highest BCUT2D eigenvalue weighted by Crippen LogP contribution is 2.18. The Hall–Kier alpha value is -1.46. The molecule has 126 valence electrons. The summed E-state index contributed by atoms with van der Waals surface area (Å²) in [6, 6.07) is 7.36. The van der Waals surface area contributed by atoms with Gasteiger partial charge in [0.2, 0.25) is 0 Å². The summed E-state index contributed by atoms with van der Waals surface area (Å²) in [4.78, 5) is 12.6. The fraction of sp³-hybridized carbons (Fsp3) is 0.647. The Morgan fingerprint density at radius 3 is 2.36 bits per heavy atom. The molecule has 0 radical (unpaired) electrons. The highest BCUT2D eigenvalue weighted by molar-refractivity contribution is 5.34. The van der Waals surface area contributed by atoms with Gasteiger partial charge in [0, 0.05) is 37.9 Å². The van der Waals surface area contributed by atoms with E-state index < -0.39 is 0 Å². The second kappa shape index (κ2) is 12.1. The molecule has 0 amide bonds. The Kier molecular flexibility index (Phi) is 11.3. The summed E-state index contributed by atoms with van der Waals surface area (Å²) >= 11 is 0. The van der Waals surface area contributed by atoms with Gasteiger partial charge in [-0.2, -0.15) is 0 Å². The van der Waals surface area contributed by atoms with Crippen molar-refractivity contribution >= 4 is 5.69 Å². The van der Waals surface area contributed by atoms with Crippen LogP contribution >= 0.6 is 0 Å². The summed E-state index contributed by atoms with van der Waals surface area (Å²) < 4.78 is 5.33. The van der Waals surface area contributed by atoms with Gasteiger partial charge in [0.25, 0.3) is 5.69 Å². The fourth-order valence-corrected chi connectivity index (χ4v) is 2.31. The van der Waals surface area contributed by atoms with Crippen molar-refractivity contribution < 1.29 is 9.66 Å². The summed E-state index contributed by atoms with van der Waals surface area (Å²) in [5, 5.41) is 10.7. The molecule has 5 heteroatoms. The first-order valence-electron chi connectivity index (χ1n) is 8.18. The van der Waals surface area contributed by atoms with Crippen LogP contribution in [0, 0.1) is 10.1 Å². The second-order valence-electron chi connectivity index (χ2n) is 4.69. The van der Waals surface area contributed by atoms with E-state index in [9.17, 15) is 10.1 Å². The number of benzene rings is 1. The van der Waals surface area contributed by atoms with Gasteiger partial charge in [-0.3, -0.25) is 15.0 Å². The maximum absolute atomic E-state index is 10.7. The largest absolute Gasteiger partial charge is 0.381 e. The minimum absolute atomic E-state index is 0.160. The Labute approximate surface area is 134 Å². The third kappa shape index (κ3) is 7.00. The fourth-order valence-electron chi connectivity index (χ4n) is 2.31. The number of rotatable bonds is 4. The number of ether oxygens (including phenoxy) is 1. The highest BCUT2D eigenvalue weighted by Gasteiger charge is 2.18. The minimum atomic E-state index is -0.349. The molecule has 2 rings (SSSR count). The number of hydrogen-bond donors (Lipinski definition) is 0. The average molecular weight is 310 g/mol. The second-order valence-corrected chi connectivity index (χ2v) is 4.69. The van der Waals surface area contributed by atoms with E-state index in [1.807, 2.05) is 33.8 Å². The smallest absolute Gasteiger partial charge is 0.269 e. The molecule has 5 nitrogen and oxygen atoms in total. The van der Waals surface area contributed by atoms with E-state index in [0.29, 0.717) is 6.04 Å². The monoisotopic (exact) mass is 310 g/mol. The molecule has 1 aliphatic rings. The van der Waals surface area contributed by atoms with E-state index in [-0.39, 0.29) is 10.6 Å². The van der Waals surface area contributed by atoms with Gasteiger partial charge >= 0.3 is 0 Å². The van der Waals surface area contributed by atoms with Crippen LogP contribution in [0.5, 0.6) is 0 Å². The lowest BCUT2D eigenvalue weighted by Gasteiger charge is -2.31. The number of hydrogen-bond acceptors (Lipinski definition) is 4. The standard InChI is InChI=1S/C13H18N2O3.2C2H6/c1-14(12-5-7-18-8-6-12)10-11-3-2-4-13(9-11)15(16)17;2*1-2/h2-4,9,12H,5-8,10H2,1H3;2*1-2H3. The summed E-state index contributed by atoms with van der Waals surface area (Å²) in [6.45, 7) is 10.4. The lowest BCUT2D eigenvalue weighted by Crippen LogP contribution is -2.36. The van der Waals surface area contributed by atoms with Crippen molar-refractivity contribution in [2.24, 2.45) is 0 Å². The molecule has 0 aromatic heterocycles. The first kappa shape index (κ1) is 20.5. The van der Waals surface area contributed by atoms with Gasteiger partial charge in [0.05, 0.1) is 4.92 Å². The SMILES string of the molecule is CC.CC.CN(Cc1cccc([N+](=O)[O-])c1)C1CCOCC1. The maximum atomic E-state index is 10.7. The van der Waals surface area contributed by atoms with E-state index >= 15 is 0 Å². The molecular formula is C17H30N2O3. The first-order valence-corrected chi connectivity index (χ1v) is 8.18. The molecule has 0 atom stereocenters. The van der Waals surface area contributed by atoms with E-state index in [0.717, 1.165) is 38.2 Å². The topological polar surface area (TPSA) is 55.6 Å². The van der Waals surface area contributed by atoms with E-state index in [4.69, 9.17) is 4.74 Å². The normalized spacial score (nSPS) is 14.5.